The highest BCUT2D eigenvalue weighted by Crippen LogP contribution is 2.28. The number of benzene rings is 1. The second-order valence-electron chi connectivity index (χ2n) is 4.59. The van der Waals surface area contributed by atoms with Crippen LogP contribution >= 0.6 is 11.6 Å². The summed E-state index contributed by atoms with van der Waals surface area (Å²) in [6.07, 6.45) is 0. The maximum atomic E-state index is 9.02. The van der Waals surface area contributed by atoms with E-state index in [1.807, 2.05) is 13.0 Å². The number of hydrogen-bond acceptors (Lipinski definition) is 4. The van der Waals surface area contributed by atoms with Gasteiger partial charge in [0.15, 0.2) is 0 Å². The van der Waals surface area contributed by atoms with Crippen molar-refractivity contribution in [2.24, 2.45) is 5.73 Å². The lowest BCUT2D eigenvalue weighted by Gasteiger charge is -2.16. The first kappa shape index (κ1) is 13.7. The van der Waals surface area contributed by atoms with E-state index in [0.717, 1.165) is 10.9 Å². The first-order valence-electron chi connectivity index (χ1n) is 5.96. The molecule has 0 saturated heterocycles. The zero-order valence-corrected chi connectivity index (χ0v) is 11.6. The van der Waals surface area contributed by atoms with Gasteiger partial charge in [-0.2, -0.15) is 10.4 Å². The van der Waals surface area contributed by atoms with Crippen LogP contribution in [0.2, 0.25) is 5.02 Å². The van der Waals surface area contributed by atoms with Crippen LogP contribution in [0.3, 0.4) is 0 Å². The van der Waals surface area contributed by atoms with Gasteiger partial charge < -0.3 is 10.5 Å². The van der Waals surface area contributed by atoms with Crippen LogP contribution in [-0.4, -0.2) is 21.9 Å². The number of ether oxygens (including phenoxy) is 1. The Hall–Kier alpha value is -1.77. The van der Waals surface area contributed by atoms with Crippen LogP contribution in [0.1, 0.15) is 13.8 Å². The highest BCUT2D eigenvalue weighted by atomic mass is 35.5. The van der Waals surface area contributed by atoms with Crippen molar-refractivity contribution in [3.05, 3.63) is 23.2 Å². The Morgan fingerprint density at radius 3 is 2.95 bits per heavy atom. The molecule has 0 aliphatic rings. The van der Waals surface area contributed by atoms with Gasteiger partial charge in [0.25, 0.3) is 0 Å². The van der Waals surface area contributed by atoms with Crippen molar-refractivity contribution in [2.75, 3.05) is 6.61 Å². The summed E-state index contributed by atoms with van der Waals surface area (Å²) >= 11 is 5.95. The van der Waals surface area contributed by atoms with Crippen molar-refractivity contribution in [1.29, 1.82) is 5.26 Å². The summed E-state index contributed by atoms with van der Waals surface area (Å²) in [5.41, 5.74) is 5.59. The maximum Gasteiger partial charge on any atom is 0.219 e. The molecule has 1 aromatic carbocycles. The number of halogens is 1. The third-order valence-corrected chi connectivity index (χ3v) is 2.90. The summed E-state index contributed by atoms with van der Waals surface area (Å²) in [7, 11) is 0. The van der Waals surface area contributed by atoms with Crippen molar-refractivity contribution in [1.82, 2.24) is 9.78 Å². The molecule has 1 aromatic heterocycles. The van der Waals surface area contributed by atoms with Crippen LogP contribution in [0.5, 0.6) is 5.88 Å². The lowest BCUT2D eigenvalue weighted by Crippen LogP contribution is -2.39. The SMILES string of the molecule is CCOc1c2ccc(Cl)cc2nn1CC(C)(N)C#N. The second-order valence-corrected chi connectivity index (χ2v) is 5.02. The second kappa shape index (κ2) is 5.08. The molecule has 0 aliphatic carbocycles. The van der Waals surface area contributed by atoms with Gasteiger partial charge in [-0.1, -0.05) is 11.6 Å². The van der Waals surface area contributed by atoms with Gasteiger partial charge in [0.05, 0.1) is 30.1 Å². The van der Waals surface area contributed by atoms with E-state index in [2.05, 4.69) is 11.2 Å². The van der Waals surface area contributed by atoms with Gasteiger partial charge in [-0.15, -0.1) is 0 Å². The highest BCUT2D eigenvalue weighted by Gasteiger charge is 2.22. The van der Waals surface area contributed by atoms with E-state index in [1.165, 1.54) is 0 Å². The first-order chi connectivity index (χ1) is 8.96. The molecule has 5 nitrogen and oxygen atoms in total. The smallest absolute Gasteiger partial charge is 0.219 e. The van der Waals surface area contributed by atoms with Crippen LogP contribution in [0, 0.1) is 11.3 Å². The molecule has 0 bridgehead atoms. The number of nitriles is 1. The zero-order chi connectivity index (χ0) is 14.0. The topological polar surface area (TPSA) is 76.9 Å². The summed E-state index contributed by atoms with van der Waals surface area (Å²) in [5, 5.41) is 14.9. The molecule has 0 saturated carbocycles. The third kappa shape index (κ3) is 2.80. The van der Waals surface area contributed by atoms with E-state index in [4.69, 9.17) is 27.3 Å². The number of hydrogen-bond donors (Lipinski definition) is 1. The minimum absolute atomic E-state index is 0.255. The molecular weight excluding hydrogens is 264 g/mol. The summed E-state index contributed by atoms with van der Waals surface area (Å²) in [6.45, 7) is 4.31. The molecule has 2 N–H and O–H groups in total. The van der Waals surface area contributed by atoms with Crippen LogP contribution in [-0.2, 0) is 6.54 Å². The molecule has 19 heavy (non-hydrogen) atoms. The van der Waals surface area contributed by atoms with Gasteiger partial charge in [0.1, 0.15) is 5.54 Å². The predicted molar refractivity (Wildman–Crippen MR) is 74.1 cm³/mol. The van der Waals surface area contributed by atoms with Crippen molar-refractivity contribution < 1.29 is 4.74 Å². The average molecular weight is 279 g/mol. The zero-order valence-electron chi connectivity index (χ0n) is 10.9. The molecule has 0 aliphatic heterocycles. The molecule has 0 radical (unpaired) electrons. The van der Waals surface area contributed by atoms with Gasteiger partial charge in [-0.05, 0) is 32.0 Å². The summed E-state index contributed by atoms with van der Waals surface area (Å²) < 4.78 is 7.23. The van der Waals surface area contributed by atoms with Crippen molar-refractivity contribution in [2.45, 2.75) is 25.9 Å². The van der Waals surface area contributed by atoms with Gasteiger partial charge >= 0.3 is 0 Å². The average Bonchev–Trinajstić information content (AvgIpc) is 2.66. The van der Waals surface area contributed by atoms with Crippen molar-refractivity contribution in [3.63, 3.8) is 0 Å². The lowest BCUT2D eigenvalue weighted by molar-refractivity contribution is 0.294. The molecule has 0 amide bonds. The van der Waals surface area contributed by atoms with Gasteiger partial charge in [0, 0.05) is 5.02 Å². The molecule has 6 heteroatoms. The molecular formula is C13H15ClN4O. The van der Waals surface area contributed by atoms with E-state index in [1.54, 1.807) is 23.7 Å². The van der Waals surface area contributed by atoms with Crippen LogP contribution in [0.4, 0.5) is 0 Å². The third-order valence-electron chi connectivity index (χ3n) is 2.67. The van der Waals surface area contributed by atoms with Crippen LogP contribution < -0.4 is 10.5 Å². The fourth-order valence-electron chi connectivity index (χ4n) is 1.83. The van der Waals surface area contributed by atoms with Crippen molar-refractivity contribution >= 4 is 22.5 Å². The standard InChI is InChI=1S/C13H15ClN4O/c1-3-19-12-10-5-4-9(14)6-11(10)17-18(12)8-13(2,16)7-15/h4-6H,3,8,16H2,1-2H3. The molecule has 2 aromatic rings. The van der Waals surface area contributed by atoms with E-state index in [-0.39, 0.29) is 6.54 Å². The fraction of sp³-hybridized carbons (Fsp3) is 0.385. The molecule has 1 heterocycles. The van der Waals surface area contributed by atoms with E-state index in [9.17, 15) is 0 Å². The lowest BCUT2D eigenvalue weighted by atomic mass is 10.1. The van der Waals surface area contributed by atoms with E-state index in [0.29, 0.717) is 17.5 Å². The van der Waals surface area contributed by atoms with E-state index >= 15 is 0 Å². The molecule has 0 spiro atoms. The minimum Gasteiger partial charge on any atom is -0.478 e. The Kier molecular flexibility index (Phi) is 3.65. The summed E-state index contributed by atoms with van der Waals surface area (Å²) in [4.78, 5) is 0. The van der Waals surface area contributed by atoms with Crippen LogP contribution in [0.15, 0.2) is 18.2 Å². The Balaban J connectivity index is 2.53. The number of aromatic nitrogens is 2. The minimum atomic E-state index is -1.00. The maximum absolute atomic E-state index is 9.02. The van der Waals surface area contributed by atoms with Crippen LogP contribution in [0.25, 0.3) is 10.9 Å². The Morgan fingerprint density at radius 2 is 2.32 bits per heavy atom. The highest BCUT2D eigenvalue weighted by molar-refractivity contribution is 6.31. The fourth-order valence-corrected chi connectivity index (χ4v) is 1.99. The molecule has 1 unspecified atom stereocenters. The Bertz CT molecular complexity index is 642. The first-order valence-corrected chi connectivity index (χ1v) is 6.33. The Labute approximate surface area is 116 Å². The quantitative estimate of drug-likeness (QED) is 0.931. The molecule has 0 fully saturated rings. The Morgan fingerprint density at radius 1 is 1.58 bits per heavy atom. The van der Waals surface area contributed by atoms with Gasteiger partial charge in [-0.25, -0.2) is 4.68 Å². The summed E-state index contributed by atoms with van der Waals surface area (Å²) in [5.74, 6) is 0.612. The normalized spacial score (nSPS) is 14.1. The number of nitrogens with zero attached hydrogens (tertiary/aromatic N) is 3. The predicted octanol–water partition coefficient (Wildman–Crippen LogP) is 2.33. The number of rotatable bonds is 4. The monoisotopic (exact) mass is 278 g/mol. The summed E-state index contributed by atoms with van der Waals surface area (Å²) in [6, 6.07) is 7.45. The molecule has 2 rings (SSSR count). The molecule has 100 valence electrons. The largest absolute Gasteiger partial charge is 0.478 e. The van der Waals surface area contributed by atoms with Gasteiger partial charge in [-0.3, -0.25) is 0 Å². The van der Waals surface area contributed by atoms with E-state index < -0.39 is 5.54 Å². The number of nitrogens with two attached hydrogens (primary N) is 1. The van der Waals surface area contributed by atoms with Crippen molar-refractivity contribution in [3.8, 4) is 11.9 Å². The molecule has 1 atom stereocenters. The number of fused-ring (bicyclic) bond motifs is 1. The van der Waals surface area contributed by atoms with Gasteiger partial charge in [0.2, 0.25) is 5.88 Å².